The monoisotopic (exact) mass is 516 g/mol. The van der Waals surface area contributed by atoms with Gasteiger partial charge in [0.25, 0.3) is 6.01 Å². The molecule has 0 bridgehead atoms. The first kappa shape index (κ1) is 24.1. The smallest absolute Gasteiger partial charge is 0.337 e. The lowest BCUT2D eigenvalue weighted by Crippen LogP contribution is -2.08. The minimum atomic E-state index is -1.01. The highest BCUT2D eigenvalue weighted by atomic mass is 16.5. The number of benzene rings is 4. The molecule has 0 saturated carbocycles. The number of imidazole rings is 1. The number of carboxylic acid groups (broad SMARTS) is 1. The van der Waals surface area contributed by atoms with E-state index in [-0.39, 0.29) is 5.56 Å². The number of carboxylic acids is 1. The lowest BCUT2D eigenvalue weighted by atomic mass is 9.93. The van der Waals surface area contributed by atoms with E-state index in [1.165, 1.54) is 0 Å². The fourth-order valence-corrected chi connectivity index (χ4v) is 4.76. The van der Waals surface area contributed by atoms with Crippen molar-refractivity contribution in [3.05, 3.63) is 102 Å². The van der Waals surface area contributed by atoms with E-state index in [0.29, 0.717) is 36.0 Å². The highest BCUT2D eigenvalue weighted by Gasteiger charge is 2.19. The number of hydrogen-bond donors (Lipinski definition) is 2. The van der Waals surface area contributed by atoms with Crippen LogP contribution < -0.4 is 4.74 Å². The summed E-state index contributed by atoms with van der Waals surface area (Å²) in [6.07, 6.45) is 0. The molecule has 9 nitrogen and oxygen atoms in total. The van der Waals surface area contributed by atoms with Gasteiger partial charge in [-0.2, -0.15) is 10.2 Å². The molecule has 0 amide bonds. The first-order chi connectivity index (χ1) is 19.1. The van der Waals surface area contributed by atoms with Crippen molar-refractivity contribution < 1.29 is 14.6 Å². The van der Waals surface area contributed by atoms with Gasteiger partial charge < -0.3 is 9.84 Å². The number of para-hydroxylation sites is 1. The summed E-state index contributed by atoms with van der Waals surface area (Å²) in [6.45, 7) is 2.70. The Hall–Kier alpha value is -5.31. The predicted octanol–water partition coefficient (Wildman–Crippen LogP) is 5.70. The van der Waals surface area contributed by atoms with Crippen LogP contribution in [-0.4, -0.2) is 47.9 Å². The Morgan fingerprint density at radius 3 is 2.41 bits per heavy atom. The van der Waals surface area contributed by atoms with E-state index < -0.39 is 5.97 Å². The Bertz CT molecular complexity index is 1760. The number of rotatable bonds is 8. The third-order valence-electron chi connectivity index (χ3n) is 6.55. The molecule has 0 spiro atoms. The van der Waals surface area contributed by atoms with E-state index >= 15 is 0 Å². The van der Waals surface area contributed by atoms with Crippen molar-refractivity contribution >= 4 is 17.0 Å². The number of fused-ring (bicyclic) bond motifs is 1. The first-order valence-electron chi connectivity index (χ1n) is 12.5. The molecule has 0 atom stereocenters. The third kappa shape index (κ3) is 4.61. The Morgan fingerprint density at radius 1 is 0.897 bits per heavy atom. The number of nitrogens with one attached hydrogen (secondary N) is 1. The largest absolute Gasteiger partial charge is 0.478 e. The van der Waals surface area contributed by atoms with Gasteiger partial charge in [0.1, 0.15) is 0 Å². The SMILES string of the molecule is CCOc1nc2cccc(C(=O)O)c2n1Cc1ccc(-c2cc(-c3ccccc3)ccc2-c2nn[nH]n2)cc1. The van der Waals surface area contributed by atoms with Crippen molar-refractivity contribution in [1.82, 2.24) is 30.2 Å². The van der Waals surface area contributed by atoms with Crippen LogP contribution in [0.1, 0.15) is 22.8 Å². The van der Waals surface area contributed by atoms with Crippen molar-refractivity contribution in [2.45, 2.75) is 13.5 Å². The van der Waals surface area contributed by atoms with Crippen LogP contribution >= 0.6 is 0 Å². The predicted molar refractivity (Wildman–Crippen MR) is 147 cm³/mol. The molecule has 2 heterocycles. The molecule has 0 aliphatic carbocycles. The molecule has 4 aromatic carbocycles. The number of aromatic nitrogens is 6. The molecular weight excluding hydrogens is 492 g/mol. The summed E-state index contributed by atoms with van der Waals surface area (Å²) < 4.78 is 7.59. The molecule has 9 heteroatoms. The van der Waals surface area contributed by atoms with Gasteiger partial charge in [-0.05, 0) is 64.2 Å². The van der Waals surface area contributed by atoms with Gasteiger partial charge in [-0.15, -0.1) is 10.2 Å². The van der Waals surface area contributed by atoms with Gasteiger partial charge in [-0.3, -0.25) is 4.57 Å². The van der Waals surface area contributed by atoms with E-state index in [9.17, 15) is 9.90 Å². The van der Waals surface area contributed by atoms with Crippen LogP contribution in [0.5, 0.6) is 6.01 Å². The summed E-state index contributed by atoms with van der Waals surface area (Å²) in [5.41, 5.74) is 7.29. The van der Waals surface area contributed by atoms with Crippen molar-refractivity contribution in [2.75, 3.05) is 6.61 Å². The normalized spacial score (nSPS) is 11.1. The zero-order valence-electron chi connectivity index (χ0n) is 21.1. The number of aromatic carboxylic acids is 1. The van der Waals surface area contributed by atoms with E-state index in [2.05, 4.69) is 49.9 Å². The molecule has 2 aromatic heterocycles. The second-order valence-electron chi connectivity index (χ2n) is 8.95. The first-order valence-corrected chi connectivity index (χ1v) is 12.5. The fourth-order valence-electron chi connectivity index (χ4n) is 4.76. The number of carbonyl (C=O) groups is 1. The van der Waals surface area contributed by atoms with Gasteiger partial charge in [-0.25, -0.2) is 4.79 Å². The second kappa shape index (κ2) is 10.2. The second-order valence-corrected chi connectivity index (χ2v) is 8.95. The molecule has 0 fully saturated rings. The summed E-state index contributed by atoms with van der Waals surface area (Å²) in [5, 5.41) is 24.5. The third-order valence-corrected chi connectivity index (χ3v) is 6.55. The molecule has 0 radical (unpaired) electrons. The number of ether oxygens (including phenoxy) is 1. The van der Waals surface area contributed by atoms with Gasteiger partial charge in [0.05, 0.1) is 29.7 Å². The summed E-state index contributed by atoms with van der Waals surface area (Å²) in [4.78, 5) is 16.5. The van der Waals surface area contributed by atoms with Gasteiger partial charge in [0.2, 0.25) is 5.82 Å². The number of nitrogens with zero attached hydrogens (tertiary/aromatic N) is 5. The number of tetrazole rings is 1. The summed E-state index contributed by atoms with van der Waals surface area (Å²) in [7, 11) is 0. The quantitative estimate of drug-likeness (QED) is 0.266. The van der Waals surface area contributed by atoms with Crippen LogP contribution in [0.15, 0.2) is 91.0 Å². The van der Waals surface area contributed by atoms with Crippen LogP contribution in [-0.2, 0) is 6.54 Å². The molecule has 2 N–H and O–H groups in total. The van der Waals surface area contributed by atoms with E-state index in [1.807, 2.05) is 60.0 Å². The van der Waals surface area contributed by atoms with E-state index in [0.717, 1.165) is 33.4 Å². The Morgan fingerprint density at radius 2 is 1.69 bits per heavy atom. The van der Waals surface area contributed by atoms with E-state index in [1.54, 1.807) is 18.2 Å². The maximum Gasteiger partial charge on any atom is 0.337 e. The maximum atomic E-state index is 11.9. The van der Waals surface area contributed by atoms with Crippen molar-refractivity contribution in [2.24, 2.45) is 0 Å². The van der Waals surface area contributed by atoms with Crippen molar-refractivity contribution in [3.8, 4) is 39.7 Å². The Labute approximate surface area is 223 Å². The lowest BCUT2D eigenvalue weighted by Gasteiger charge is -2.13. The standard InChI is InChI=1S/C30H24N6O3/c1-2-39-30-31-26-10-6-9-24(29(37)38)27(26)36(30)18-19-11-13-21(14-12-19)25-17-22(20-7-4-3-5-8-20)15-16-23(25)28-32-34-35-33-28/h3-17H,2,18H2,1H3,(H,37,38)(H,32,33,34,35). The highest BCUT2D eigenvalue weighted by molar-refractivity contribution is 6.01. The summed E-state index contributed by atoms with van der Waals surface area (Å²) >= 11 is 0. The lowest BCUT2D eigenvalue weighted by molar-refractivity contribution is 0.0698. The Kier molecular flexibility index (Phi) is 6.30. The molecule has 0 aliphatic heterocycles. The summed E-state index contributed by atoms with van der Waals surface area (Å²) in [6, 6.07) is 30.0. The minimum Gasteiger partial charge on any atom is -0.478 e. The molecule has 0 saturated heterocycles. The molecular formula is C30H24N6O3. The van der Waals surface area contributed by atoms with Gasteiger partial charge >= 0.3 is 5.97 Å². The zero-order valence-corrected chi connectivity index (χ0v) is 21.1. The van der Waals surface area contributed by atoms with Gasteiger partial charge in [0, 0.05) is 5.56 Å². The van der Waals surface area contributed by atoms with Crippen LogP contribution in [0, 0.1) is 0 Å². The average Bonchev–Trinajstić information content (AvgIpc) is 3.62. The molecule has 192 valence electrons. The molecule has 0 aliphatic rings. The van der Waals surface area contributed by atoms with Crippen LogP contribution in [0.2, 0.25) is 0 Å². The fraction of sp³-hybridized carbons (Fsp3) is 0.100. The van der Waals surface area contributed by atoms with Crippen molar-refractivity contribution in [3.63, 3.8) is 0 Å². The van der Waals surface area contributed by atoms with Crippen LogP contribution in [0.4, 0.5) is 0 Å². The average molecular weight is 517 g/mol. The molecule has 6 aromatic rings. The maximum absolute atomic E-state index is 11.9. The Balaban J connectivity index is 1.40. The van der Waals surface area contributed by atoms with Crippen LogP contribution in [0.25, 0.3) is 44.7 Å². The van der Waals surface area contributed by atoms with Gasteiger partial charge in [-0.1, -0.05) is 66.7 Å². The topological polar surface area (TPSA) is 119 Å². The molecule has 0 unspecified atom stereocenters. The minimum absolute atomic E-state index is 0.185. The highest BCUT2D eigenvalue weighted by Crippen LogP contribution is 2.35. The number of H-pyrrole nitrogens is 1. The van der Waals surface area contributed by atoms with Crippen LogP contribution in [0.3, 0.4) is 0 Å². The molecule has 39 heavy (non-hydrogen) atoms. The number of aromatic amines is 1. The van der Waals surface area contributed by atoms with Crippen molar-refractivity contribution in [1.29, 1.82) is 0 Å². The number of hydrogen-bond acceptors (Lipinski definition) is 6. The zero-order chi connectivity index (χ0) is 26.8. The van der Waals surface area contributed by atoms with E-state index in [4.69, 9.17) is 4.74 Å². The summed E-state index contributed by atoms with van der Waals surface area (Å²) in [5.74, 6) is -0.492. The van der Waals surface area contributed by atoms with Gasteiger partial charge in [0.15, 0.2) is 0 Å². The molecule has 6 rings (SSSR count).